The first kappa shape index (κ1) is 23.2. The Labute approximate surface area is 202 Å². The van der Waals surface area contributed by atoms with Crippen LogP contribution in [0.15, 0.2) is 48.5 Å². The molecule has 3 aliphatic rings. The standard InChI is InChI=1S/C26H36N4O4/c1-2-6-24-23(5-1)27-9-13-31-17-18-33-15-11-29-22-30(26-8-4-3-7-25(26)29)12-16-34-20-19-32-14-10-28(24)21-27/h1-8H,9-22H2. The molecule has 1 fully saturated rings. The Morgan fingerprint density at radius 2 is 0.647 bits per heavy atom. The first-order valence-corrected chi connectivity index (χ1v) is 12.4. The van der Waals surface area contributed by atoms with Crippen LogP contribution in [0.2, 0.25) is 0 Å². The van der Waals surface area contributed by atoms with Crippen LogP contribution in [0.3, 0.4) is 0 Å². The number of hydrogen-bond acceptors (Lipinski definition) is 8. The molecule has 5 rings (SSSR count). The van der Waals surface area contributed by atoms with Gasteiger partial charge in [0.05, 0.1) is 88.9 Å². The first-order chi connectivity index (χ1) is 16.9. The summed E-state index contributed by atoms with van der Waals surface area (Å²) < 4.78 is 23.5. The zero-order valence-electron chi connectivity index (χ0n) is 19.9. The molecule has 2 aromatic carbocycles. The minimum atomic E-state index is 0.618. The Morgan fingerprint density at radius 1 is 0.382 bits per heavy atom. The molecule has 0 aromatic heterocycles. The molecule has 3 heterocycles. The maximum atomic E-state index is 5.88. The van der Waals surface area contributed by atoms with Gasteiger partial charge in [-0.3, -0.25) is 0 Å². The average Bonchev–Trinajstić information content (AvgIpc) is 3.40. The van der Waals surface area contributed by atoms with E-state index in [1.807, 2.05) is 0 Å². The molecule has 3 aliphatic heterocycles. The van der Waals surface area contributed by atoms with Crippen molar-refractivity contribution in [1.82, 2.24) is 0 Å². The molecule has 1 saturated heterocycles. The number of para-hydroxylation sites is 4. The lowest BCUT2D eigenvalue weighted by molar-refractivity contribution is 0.0513. The molecule has 0 N–H and O–H groups in total. The molecule has 0 aliphatic carbocycles. The van der Waals surface area contributed by atoms with Crippen LogP contribution in [0.4, 0.5) is 22.7 Å². The molecular weight excluding hydrogens is 432 g/mol. The lowest BCUT2D eigenvalue weighted by Gasteiger charge is -2.23. The predicted octanol–water partition coefficient (Wildman–Crippen LogP) is 2.63. The number of benzene rings is 2. The fourth-order valence-corrected chi connectivity index (χ4v) is 4.82. The van der Waals surface area contributed by atoms with Crippen molar-refractivity contribution in [2.45, 2.75) is 0 Å². The number of rotatable bonds is 0. The Bertz CT molecular complexity index is 770. The second-order valence-electron chi connectivity index (χ2n) is 8.76. The van der Waals surface area contributed by atoms with Crippen molar-refractivity contribution in [3.63, 3.8) is 0 Å². The first-order valence-electron chi connectivity index (χ1n) is 12.4. The van der Waals surface area contributed by atoms with Gasteiger partial charge in [-0.2, -0.15) is 0 Å². The number of hydrogen-bond donors (Lipinski definition) is 0. The topological polar surface area (TPSA) is 49.9 Å². The quantitative estimate of drug-likeness (QED) is 0.585. The van der Waals surface area contributed by atoms with Crippen LogP contribution < -0.4 is 19.6 Å². The minimum absolute atomic E-state index is 0.618. The summed E-state index contributed by atoms with van der Waals surface area (Å²) in [5.41, 5.74) is 5.07. The number of nitrogens with zero attached hydrogens (tertiary/aromatic N) is 4. The summed E-state index contributed by atoms with van der Waals surface area (Å²) in [5, 5.41) is 0. The Hall–Kier alpha value is -2.52. The van der Waals surface area contributed by atoms with E-state index in [0.29, 0.717) is 52.9 Å². The summed E-state index contributed by atoms with van der Waals surface area (Å²) in [7, 11) is 0. The van der Waals surface area contributed by atoms with E-state index in [2.05, 4.69) is 68.1 Å². The molecule has 0 saturated carbocycles. The van der Waals surface area contributed by atoms with E-state index in [0.717, 1.165) is 39.5 Å². The fraction of sp³-hybridized carbons (Fsp3) is 0.538. The van der Waals surface area contributed by atoms with Gasteiger partial charge in [-0.15, -0.1) is 0 Å². The van der Waals surface area contributed by atoms with Crippen molar-refractivity contribution >= 4 is 22.7 Å². The molecule has 8 nitrogen and oxygen atoms in total. The van der Waals surface area contributed by atoms with Gasteiger partial charge >= 0.3 is 0 Å². The van der Waals surface area contributed by atoms with E-state index in [1.165, 1.54) is 22.7 Å². The lowest BCUT2D eigenvalue weighted by atomic mass is 10.2. The molecule has 0 radical (unpaired) electrons. The second kappa shape index (κ2) is 11.8. The van der Waals surface area contributed by atoms with Gasteiger partial charge in [-0.05, 0) is 24.3 Å². The highest BCUT2D eigenvalue weighted by Crippen LogP contribution is 2.36. The molecule has 34 heavy (non-hydrogen) atoms. The van der Waals surface area contributed by atoms with Crippen molar-refractivity contribution in [2.75, 3.05) is 112 Å². The van der Waals surface area contributed by atoms with Gasteiger partial charge in [0, 0.05) is 26.2 Å². The van der Waals surface area contributed by atoms with Crippen LogP contribution in [0.25, 0.3) is 0 Å². The summed E-state index contributed by atoms with van der Waals surface area (Å²) in [6.45, 7) is 10.4. The van der Waals surface area contributed by atoms with E-state index in [-0.39, 0.29) is 0 Å². The predicted molar refractivity (Wildman–Crippen MR) is 135 cm³/mol. The largest absolute Gasteiger partial charge is 0.377 e. The number of anilines is 4. The van der Waals surface area contributed by atoms with Gasteiger partial charge in [0.25, 0.3) is 0 Å². The van der Waals surface area contributed by atoms with Crippen LogP contribution in [0.5, 0.6) is 0 Å². The van der Waals surface area contributed by atoms with Gasteiger partial charge < -0.3 is 38.5 Å². The van der Waals surface area contributed by atoms with E-state index in [1.54, 1.807) is 0 Å². The minimum Gasteiger partial charge on any atom is -0.377 e. The van der Waals surface area contributed by atoms with Crippen molar-refractivity contribution in [3.05, 3.63) is 48.5 Å². The number of ether oxygens (including phenoxy) is 4. The lowest BCUT2D eigenvalue weighted by Crippen LogP contribution is -2.36. The Kier molecular flexibility index (Phi) is 8.03. The molecule has 8 heteroatoms. The third-order valence-electron chi connectivity index (χ3n) is 6.58. The molecule has 0 unspecified atom stereocenters. The molecule has 184 valence electrons. The fourth-order valence-electron chi connectivity index (χ4n) is 4.82. The maximum Gasteiger partial charge on any atom is 0.0906 e. The van der Waals surface area contributed by atoms with Gasteiger partial charge in [0.15, 0.2) is 0 Å². The summed E-state index contributed by atoms with van der Waals surface area (Å²) in [6, 6.07) is 17.1. The van der Waals surface area contributed by atoms with Crippen molar-refractivity contribution in [3.8, 4) is 0 Å². The second-order valence-corrected chi connectivity index (χ2v) is 8.76. The van der Waals surface area contributed by atoms with Crippen molar-refractivity contribution in [1.29, 1.82) is 0 Å². The third kappa shape index (κ3) is 5.58. The summed E-state index contributed by atoms with van der Waals surface area (Å²) in [5.74, 6) is 0. The molecule has 4 bridgehead atoms. The van der Waals surface area contributed by atoms with Gasteiger partial charge in [-0.1, -0.05) is 24.3 Å². The van der Waals surface area contributed by atoms with E-state index in [4.69, 9.17) is 18.9 Å². The average molecular weight is 469 g/mol. The van der Waals surface area contributed by atoms with Crippen molar-refractivity contribution in [2.24, 2.45) is 0 Å². The SMILES string of the molecule is c1ccc2c(c1)N1CCOCCOCCN3CN(CCOCCOCCN2C1)c1ccccc13. The van der Waals surface area contributed by atoms with Crippen LogP contribution in [-0.2, 0) is 18.9 Å². The summed E-state index contributed by atoms with van der Waals surface area (Å²) in [6.07, 6.45) is 0. The van der Waals surface area contributed by atoms with Crippen LogP contribution >= 0.6 is 0 Å². The molecule has 0 spiro atoms. The third-order valence-corrected chi connectivity index (χ3v) is 6.58. The summed E-state index contributed by atoms with van der Waals surface area (Å²) in [4.78, 5) is 9.51. The zero-order valence-corrected chi connectivity index (χ0v) is 19.9. The highest BCUT2D eigenvalue weighted by molar-refractivity contribution is 5.76. The van der Waals surface area contributed by atoms with E-state index < -0.39 is 0 Å². The Morgan fingerprint density at radius 3 is 0.912 bits per heavy atom. The van der Waals surface area contributed by atoms with Crippen LogP contribution in [0, 0.1) is 0 Å². The van der Waals surface area contributed by atoms with Gasteiger partial charge in [0.1, 0.15) is 0 Å². The van der Waals surface area contributed by atoms with Crippen LogP contribution in [0.1, 0.15) is 0 Å². The van der Waals surface area contributed by atoms with Crippen molar-refractivity contribution < 1.29 is 18.9 Å². The van der Waals surface area contributed by atoms with Gasteiger partial charge in [0.2, 0.25) is 0 Å². The summed E-state index contributed by atoms with van der Waals surface area (Å²) >= 11 is 0. The number of fused-ring (bicyclic) bond motifs is 10. The Balaban J connectivity index is 1.16. The molecule has 2 aromatic rings. The molecular formula is C26H36N4O4. The van der Waals surface area contributed by atoms with E-state index in [9.17, 15) is 0 Å². The normalized spacial score (nSPS) is 20.9. The molecule has 0 amide bonds. The van der Waals surface area contributed by atoms with Crippen LogP contribution in [-0.4, -0.2) is 92.4 Å². The van der Waals surface area contributed by atoms with Gasteiger partial charge in [-0.25, -0.2) is 0 Å². The zero-order chi connectivity index (χ0) is 23.0. The van der Waals surface area contributed by atoms with E-state index >= 15 is 0 Å². The highest BCUT2D eigenvalue weighted by Gasteiger charge is 2.26. The maximum absolute atomic E-state index is 5.88. The monoisotopic (exact) mass is 468 g/mol. The smallest absolute Gasteiger partial charge is 0.0906 e. The molecule has 0 atom stereocenters. The highest BCUT2D eigenvalue weighted by atomic mass is 16.5.